The Balaban J connectivity index is 1.65. The van der Waals surface area contributed by atoms with Crippen molar-refractivity contribution in [2.75, 3.05) is 18.5 Å². The molecule has 2 aromatic carbocycles. The molecule has 144 valence electrons. The van der Waals surface area contributed by atoms with Crippen molar-refractivity contribution in [1.82, 2.24) is 4.72 Å². The average Bonchev–Trinajstić information content (AvgIpc) is 3.16. The lowest BCUT2D eigenvalue weighted by Crippen LogP contribution is -2.31. The zero-order valence-electron chi connectivity index (χ0n) is 14.9. The third-order valence-corrected chi connectivity index (χ3v) is 6.08. The number of ether oxygens (including phenoxy) is 1. The number of nitrogens with one attached hydrogen (secondary N) is 2. The van der Waals surface area contributed by atoms with Gasteiger partial charge in [-0.2, -0.15) is 0 Å². The fourth-order valence-electron chi connectivity index (χ4n) is 2.79. The highest BCUT2D eigenvalue weighted by molar-refractivity contribution is 7.89. The SMILES string of the molecule is Cc1ccc(NC(=O)c2ccc(S(=O)(=O)NC[C@H]3CCCO3)cc2)c(Cl)c1. The molecule has 1 atom stereocenters. The summed E-state index contributed by atoms with van der Waals surface area (Å²) in [5, 5.41) is 3.17. The molecule has 1 heterocycles. The molecule has 1 fully saturated rings. The number of amides is 1. The maximum Gasteiger partial charge on any atom is 0.255 e. The Hall–Kier alpha value is -1.93. The normalized spacial score (nSPS) is 17.0. The lowest BCUT2D eigenvalue weighted by Gasteiger charge is -2.12. The van der Waals surface area contributed by atoms with Crippen LogP contribution in [0.15, 0.2) is 47.4 Å². The van der Waals surface area contributed by atoms with Gasteiger partial charge in [-0.05, 0) is 61.7 Å². The topological polar surface area (TPSA) is 84.5 Å². The smallest absolute Gasteiger partial charge is 0.255 e. The minimum Gasteiger partial charge on any atom is -0.377 e. The fourth-order valence-corrected chi connectivity index (χ4v) is 4.14. The number of aryl methyl sites for hydroxylation is 1. The van der Waals surface area contributed by atoms with E-state index in [1.165, 1.54) is 24.3 Å². The molecule has 0 aliphatic carbocycles. The summed E-state index contributed by atoms with van der Waals surface area (Å²) in [4.78, 5) is 12.5. The zero-order chi connectivity index (χ0) is 19.4. The van der Waals surface area contributed by atoms with Crippen molar-refractivity contribution in [3.8, 4) is 0 Å². The molecule has 0 aromatic heterocycles. The van der Waals surface area contributed by atoms with Gasteiger partial charge in [0.1, 0.15) is 0 Å². The predicted octanol–water partition coefficient (Wildman–Crippen LogP) is 3.36. The summed E-state index contributed by atoms with van der Waals surface area (Å²) in [6.45, 7) is 2.82. The van der Waals surface area contributed by atoms with E-state index in [0.29, 0.717) is 22.9 Å². The summed E-state index contributed by atoms with van der Waals surface area (Å²) < 4.78 is 32.7. The molecule has 0 bridgehead atoms. The first-order chi connectivity index (χ1) is 12.8. The first kappa shape index (κ1) is 19.8. The number of carbonyl (C=O) groups excluding carboxylic acids is 1. The largest absolute Gasteiger partial charge is 0.377 e. The number of anilines is 1. The van der Waals surface area contributed by atoms with Crippen LogP contribution in [0, 0.1) is 6.92 Å². The van der Waals surface area contributed by atoms with E-state index in [1.807, 2.05) is 13.0 Å². The summed E-state index contributed by atoms with van der Waals surface area (Å²) in [5.41, 5.74) is 1.83. The summed E-state index contributed by atoms with van der Waals surface area (Å²) >= 11 is 6.12. The van der Waals surface area contributed by atoms with Gasteiger partial charge in [0.2, 0.25) is 10.0 Å². The Bertz CT molecular complexity index is 923. The van der Waals surface area contributed by atoms with Crippen LogP contribution in [0.2, 0.25) is 5.02 Å². The van der Waals surface area contributed by atoms with Crippen molar-refractivity contribution < 1.29 is 17.9 Å². The van der Waals surface area contributed by atoms with Gasteiger partial charge in [0.25, 0.3) is 5.91 Å². The number of benzene rings is 2. The highest BCUT2D eigenvalue weighted by atomic mass is 35.5. The highest BCUT2D eigenvalue weighted by Crippen LogP contribution is 2.23. The molecule has 0 radical (unpaired) electrons. The van der Waals surface area contributed by atoms with E-state index in [-0.39, 0.29) is 23.5 Å². The fraction of sp³-hybridized carbons (Fsp3) is 0.316. The van der Waals surface area contributed by atoms with Crippen molar-refractivity contribution in [3.63, 3.8) is 0 Å². The minimum absolute atomic E-state index is 0.0796. The number of hydrogen-bond acceptors (Lipinski definition) is 4. The van der Waals surface area contributed by atoms with Crippen molar-refractivity contribution in [2.45, 2.75) is 30.8 Å². The number of rotatable bonds is 6. The Morgan fingerprint density at radius 1 is 1.22 bits per heavy atom. The molecule has 1 amide bonds. The van der Waals surface area contributed by atoms with Crippen LogP contribution in [0.1, 0.15) is 28.8 Å². The van der Waals surface area contributed by atoms with Gasteiger partial charge in [-0.3, -0.25) is 4.79 Å². The second kappa shape index (κ2) is 8.39. The molecule has 1 aliphatic rings. The maximum absolute atomic E-state index is 12.4. The number of sulfonamides is 1. The van der Waals surface area contributed by atoms with Crippen LogP contribution in [0.25, 0.3) is 0 Å². The molecule has 0 unspecified atom stereocenters. The quantitative estimate of drug-likeness (QED) is 0.767. The molecule has 0 saturated carbocycles. The van der Waals surface area contributed by atoms with Crippen LogP contribution < -0.4 is 10.0 Å². The number of hydrogen-bond donors (Lipinski definition) is 2. The third kappa shape index (κ3) is 5.07. The Kier molecular flexibility index (Phi) is 6.16. The van der Waals surface area contributed by atoms with E-state index in [1.54, 1.807) is 12.1 Å². The Morgan fingerprint density at radius 3 is 2.59 bits per heavy atom. The van der Waals surface area contributed by atoms with E-state index in [2.05, 4.69) is 10.0 Å². The van der Waals surface area contributed by atoms with Gasteiger partial charge in [-0.1, -0.05) is 17.7 Å². The maximum atomic E-state index is 12.4. The predicted molar refractivity (Wildman–Crippen MR) is 105 cm³/mol. The lowest BCUT2D eigenvalue weighted by molar-refractivity contribution is 0.102. The standard InChI is InChI=1S/C19H21ClN2O4S/c1-13-4-9-18(17(20)11-13)22-19(23)14-5-7-16(8-6-14)27(24,25)21-12-15-3-2-10-26-15/h4-9,11,15,21H,2-3,10,12H2,1H3,(H,22,23)/t15-/m1/s1. The first-order valence-electron chi connectivity index (χ1n) is 8.64. The molecule has 27 heavy (non-hydrogen) atoms. The van der Waals surface area contributed by atoms with Crippen LogP contribution in [-0.2, 0) is 14.8 Å². The molecule has 2 N–H and O–H groups in total. The van der Waals surface area contributed by atoms with Crippen molar-refractivity contribution >= 4 is 33.2 Å². The first-order valence-corrected chi connectivity index (χ1v) is 10.5. The van der Waals surface area contributed by atoms with E-state index in [4.69, 9.17) is 16.3 Å². The second-order valence-corrected chi connectivity index (χ2v) is 8.62. The average molecular weight is 409 g/mol. The van der Waals surface area contributed by atoms with Gasteiger partial charge >= 0.3 is 0 Å². The number of carbonyl (C=O) groups is 1. The van der Waals surface area contributed by atoms with Gasteiger partial charge in [0, 0.05) is 18.7 Å². The van der Waals surface area contributed by atoms with Crippen LogP contribution in [0.4, 0.5) is 5.69 Å². The third-order valence-electron chi connectivity index (χ3n) is 4.32. The van der Waals surface area contributed by atoms with E-state index < -0.39 is 10.0 Å². The molecule has 8 heteroatoms. The highest BCUT2D eigenvalue weighted by Gasteiger charge is 2.20. The molecular weight excluding hydrogens is 388 g/mol. The molecule has 0 spiro atoms. The molecular formula is C19H21ClN2O4S. The Morgan fingerprint density at radius 2 is 1.96 bits per heavy atom. The molecule has 1 saturated heterocycles. The van der Waals surface area contributed by atoms with Gasteiger partial charge < -0.3 is 10.1 Å². The van der Waals surface area contributed by atoms with Crippen LogP contribution in [0.5, 0.6) is 0 Å². The van der Waals surface area contributed by atoms with E-state index in [9.17, 15) is 13.2 Å². The van der Waals surface area contributed by atoms with Crippen molar-refractivity contribution in [2.24, 2.45) is 0 Å². The lowest BCUT2D eigenvalue weighted by atomic mass is 10.2. The second-order valence-electron chi connectivity index (χ2n) is 6.45. The Labute approximate surface area is 163 Å². The van der Waals surface area contributed by atoms with Crippen molar-refractivity contribution in [3.05, 3.63) is 58.6 Å². The zero-order valence-corrected chi connectivity index (χ0v) is 16.4. The van der Waals surface area contributed by atoms with Gasteiger partial charge in [-0.25, -0.2) is 13.1 Å². The number of halogens is 1. The van der Waals surface area contributed by atoms with Gasteiger partial charge in [-0.15, -0.1) is 0 Å². The molecule has 1 aliphatic heterocycles. The summed E-state index contributed by atoms with van der Waals surface area (Å²) in [6, 6.07) is 11.1. The van der Waals surface area contributed by atoms with Crippen LogP contribution in [-0.4, -0.2) is 33.6 Å². The summed E-state index contributed by atoms with van der Waals surface area (Å²) in [5.74, 6) is -0.364. The van der Waals surface area contributed by atoms with Crippen molar-refractivity contribution in [1.29, 1.82) is 0 Å². The van der Waals surface area contributed by atoms with Gasteiger partial charge in [0.15, 0.2) is 0 Å². The van der Waals surface area contributed by atoms with Crippen LogP contribution in [0.3, 0.4) is 0 Å². The minimum atomic E-state index is -3.64. The van der Waals surface area contributed by atoms with E-state index >= 15 is 0 Å². The van der Waals surface area contributed by atoms with Crippen LogP contribution >= 0.6 is 11.6 Å². The monoisotopic (exact) mass is 408 g/mol. The van der Waals surface area contributed by atoms with E-state index in [0.717, 1.165) is 18.4 Å². The van der Waals surface area contributed by atoms with Gasteiger partial charge in [0.05, 0.1) is 21.7 Å². The molecule has 2 aromatic rings. The summed E-state index contributed by atoms with van der Waals surface area (Å²) in [7, 11) is -3.64. The summed E-state index contributed by atoms with van der Waals surface area (Å²) in [6.07, 6.45) is 1.72. The molecule has 6 nitrogen and oxygen atoms in total. The molecule has 3 rings (SSSR count).